The lowest BCUT2D eigenvalue weighted by Gasteiger charge is -2.29. The minimum Gasteiger partial charge on any atom is -0.464 e. The molecule has 1 aliphatic heterocycles. The summed E-state index contributed by atoms with van der Waals surface area (Å²) in [5, 5.41) is 0. The molecule has 1 saturated heterocycles. The zero-order chi connectivity index (χ0) is 22.1. The Morgan fingerprint density at radius 3 is 2.48 bits per heavy atom. The molecule has 1 atom stereocenters. The van der Waals surface area contributed by atoms with Crippen molar-refractivity contribution in [2.75, 3.05) is 19.7 Å². The first-order valence-corrected chi connectivity index (χ1v) is 11.3. The quantitative estimate of drug-likeness (QED) is 0.537. The van der Waals surface area contributed by atoms with E-state index >= 15 is 0 Å². The zero-order valence-electron chi connectivity index (χ0n) is 18.7. The van der Waals surface area contributed by atoms with Crippen LogP contribution in [0.2, 0.25) is 0 Å². The van der Waals surface area contributed by atoms with Crippen LogP contribution < -0.4 is 0 Å². The Morgan fingerprint density at radius 2 is 1.84 bits per heavy atom. The second-order valence-electron chi connectivity index (χ2n) is 8.26. The number of unbranched alkanes of at least 4 members (excludes halogenated alkanes) is 1. The minimum atomic E-state index is -0.0826. The highest BCUT2D eigenvalue weighted by Gasteiger charge is 2.26. The van der Waals surface area contributed by atoms with E-state index in [-0.39, 0.29) is 24.5 Å². The van der Waals surface area contributed by atoms with Crippen molar-refractivity contribution in [3.05, 3.63) is 59.5 Å². The molecular formula is C25H34N2O4. The van der Waals surface area contributed by atoms with Crippen molar-refractivity contribution in [1.29, 1.82) is 0 Å². The van der Waals surface area contributed by atoms with Crippen molar-refractivity contribution in [2.45, 2.75) is 65.1 Å². The second-order valence-corrected chi connectivity index (χ2v) is 8.26. The van der Waals surface area contributed by atoms with Crippen molar-refractivity contribution >= 4 is 11.8 Å². The smallest absolute Gasteiger partial charge is 0.242 e. The maximum Gasteiger partial charge on any atom is 0.242 e. The van der Waals surface area contributed by atoms with E-state index in [1.807, 2.05) is 49.4 Å². The molecule has 3 rings (SSSR count). The molecule has 0 N–H and O–H groups in total. The first kappa shape index (κ1) is 23.1. The third kappa shape index (κ3) is 7.24. The third-order valence-electron chi connectivity index (χ3n) is 5.58. The van der Waals surface area contributed by atoms with Crippen molar-refractivity contribution < 1.29 is 18.7 Å². The van der Waals surface area contributed by atoms with Gasteiger partial charge in [-0.15, -0.1) is 0 Å². The van der Waals surface area contributed by atoms with Gasteiger partial charge >= 0.3 is 0 Å². The molecule has 2 heterocycles. The van der Waals surface area contributed by atoms with Crippen LogP contribution in [0, 0.1) is 6.92 Å². The summed E-state index contributed by atoms with van der Waals surface area (Å²) in [6, 6.07) is 13.7. The molecule has 0 bridgehead atoms. The molecule has 0 radical (unpaired) electrons. The van der Waals surface area contributed by atoms with Gasteiger partial charge in [0.15, 0.2) is 0 Å². The molecule has 1 aliphatic rings. The molecule has 6 heteroatoms. The molecule has 0 saturated carbocycles. The number of aryl methyl sites for hydroxylation is 1. The van der Waals surface area contributed by atoms with Gasteiger partial charge in [-0.1, -0.05) is 43.7 Å². The number of carbonyl (C=O) groups excluding carboxylic acids is 2. The highest BCUT2D eigenvalue weighted by atomic mass is 16.5. The van der Waals surface area contributed by atoms with Gasteiger partial charge in [0.2, 0.25) is 11.8 Å². The Balaban J connectivity index is 1.73. The number of carbonyl (C=O) groups is 2. The van der Waals surface area contributed by atoms with Gasteiger partial charge < -0.3 is 19.0 Å². The van der Waals surface area contributed by atoms with Crippen LogP contribution in [-0.4, -0.2) is 47.4 Å². The average molecular weight is 427 g/mol. The fraction of sp³-hybridized carbons (Fsp3) is 0.520. The van der Waals surface area contributed by atoms with Crippen LogP contribution in [0.3, 0.4) is 0 Å². The van der Waals surface area contributed by atoms with E-state index < -0.39 is 0 Å². The van der Waals surface area contributed by atoms with Crippen LogP contribution in [0.15, 0.2) is 46.9 Å². The zero-order valence-corrected chi connectivity index (χ0v) is 18.7. The predicted molar refractivity (Wildman–Crippen MR) is 119 cm³/mol. The lowest BCUT2D eigenvalue weighted by Crippen LogP contribution is -2.45. The van der Waals surface area contributed by atoms with E-state index in [1.54, 1.807) is 9.80 Å². The predicted octanol–water partition coefficient (Wildman–Crippen LogP) is 4.31. The van der Waals surface area contributed by atoms with Gasteiger partial charge in [0.25, 0.3) is 0 Å². The molecule has 1 fully saturated rings. The summed E-state index contributed by atoms with van der Waals surface area (Å²) in [6.07, 6.45) is 4.21. The van der Waals surface area contributed by atoms with Crippen molar-refractivity contribution in [3.63, 3.8) is 0 Å². The van der Waals surface area contributed by atoms with Crippen LogP contribution in [0.25, 0.3) is 0 Å². The van der Waals surface area contributed by atoms with E-state index in [1.165, 1.54) is 0 Å². The summed E-state index contributed by atoms with van der Waals surface area (Å²) in [5.74, 6) is 1.50. The summed E-state index contributed by atoms with van der Waals surface area (Å²) in [7, 11) is 0. The summed E-state index contributed by atoms with van der Waals surface area (Å²) in [6.45, 7) is 6.07. The van der Waals surface area contributed by atoms with Gasteiger partial charge in [0.1, 0.15) is 11.5 Å². The number of amides is 2. The van der Waals surface area contributed by atoms with E-state index in [0.717, 1.165) is 49.4 Å². The molecule has 168 valence electrons. The maximum absolute atomic E-state index is 13.4. The summed E-state index contributed by atoms with van der Waals surface area (Å²) in [4.78, 5) is 29.7. The number of nitrogens with zero attached hydrogens (tertiary/aromatic N) is 2. The Kier molecular flexibility index (Phi) is 8.71. The molecule has 0 aliphatic carbocycles. The van der Waals surface area contributed by atoms with Crippen LogP contribution in [-0.2, 0) is 27.4 Å². The number of rotatable bonds is 11. The number of benzene rings is 1. The summed E-state index contributed by atoms with van der Waals surface area (Å²) in [5.41, 5.74) is 1.04. The number of furan rings is 1. The van der Waals surface area contributed by atoms with E-state index in [9.17, 15) is 9.59 Å². The van der Waals surface area contributed by atoms with E-state index in [4.69, 9.17) is 9.15 Å². The molecule has 31 heavy (non-hydrogen) atoms. The van der Waals surface area contributed by atoms with Crippen LogP contribution in [0.1, 0.15) is 56.1 Å². The van der Waals surface area contributed by atoms with Crippen LogP contribution in [0.5, 0.6) is 0 Å². The SMILES string of the molecule is CCCCC(=O)N(CC(=O)N(Cc1ccccc1)Cc1ccc(C)o1)C[C@H]1CCCO1. The van der Waals surface area contributed by atoms with Gasteiger partial charge in [-0.2, -0.15) is 0 Å². The molecule has 1 aromatic heterocycles. The van der Waals surface area contributed by atoms with Crippen molar-refractivity contribution in [2.24, 2.45) is 0 Å². The Bertz CT molecular complexity index is 827. The Morgan fingerprint density at radius 1 is 1.03 bits per heavy atom. The topological polar surface area (TPSA) is 63.0 Å². The van der Waals surface area contributed by atoms with Gasteiger partial charge in [0.05, 0.1) is 19.2 Å². The third-order valence-corrected chi connectivity index (χ3v) is 5.58. The molecule has 0 spiro atoms. The van der Waals surface area contributed by atoms with Crippen LogP contribution in [0.4, 0.5) is 0 Å². The monoisotopic (exact) mass is 426 g/mol. The van der Waals surface area contributed by atoms with Gasteiger partial charge in [0, 0.05) is 26.1 Å². The van der Waals surface area contributed by atoms with Crippen LogP contribution >= 0.6 is 0 Å². The van der Waals surface area contributed by atoms with Gasteiger partial charge in [-0.3, -0.25) is 9.59 Å². The number of hydrogen-bond donors (Lipinski definition) is 0. The highest BCUT2D eigenvalue weighted by molar-refractivity contribution is 5.84. The van der Waals surface area contributed by atoms with Gasteiger partial charge in [-0.25, -0.2) is 0 Å². The molecule has 1 aromatic carbocycles. The van der Waals surface area contributed by atoms with Gasteiger partial charge in [-0.05, 0) is 43.9 Å². The summed E-state index contributed by atoms with van der Waals surface area (Å²) < 4.78 is 11.5. The standard InChI is InChI=1S/C25H34N2O4/c1-3-4-12-24(28)27(17-22-11-8-15-30-22)19-25(29)26(16-21-9-6-5-7-10-21)18-23-14-13-20(2)31-23/h5-7,9-10,13-14,22H,3-4,8,11-12,15-19H2,1-2H3/t22-/m1/s1. The molecule has 2 aromatic rings. The lowest BCUT2D eigenvalue weighted by molar-refractivity contribution is -0.142. The summed E-state index contributed by atoms with van der Waals surface area (Å²) >= 11 is 0. The number of hydrogen-bond acceptors (Lipinski definition) is 4. The molecular weight excluding hydrogens is 392 g/mol. The first-order valence-electron chi connectivity index (χ1n) is 11.3. The maximum atomic E-state index is 13.4. The van der Waals surface area contributed by atoms with Crippen molar-refractivity contribution in [3.8, 4) is 0 Å². The fourth-order valence-electron chi connectivity index (χ4n) is 3.83. The minimum absolute atomic E-state index is 0.0219. The normalized spacial score (nSPS) is 15.7. The second kappa shape index (κ2) is 11.7. The first-order chi connectivity index (χ1) is 15.0. The average Bonchev–Trinajstić information content (AvgIpc) is 3.43. The number of ether oxygens (including phenoxy) is 1. The van der Waals surface area contributed by atoms with E-state index in [2.05, 4.69) is 6.92 Å². The van der Waals surface area contributed by atoms with E-state index in [0.29, 0.717) is 26.1 Å². The molecule has 6 nitrogen and oxygen atoms in total. The lowest BCUT2D eigenvalue weighted by atomic mass is 10.2. The molecule has 2 amide bonds. The van der Waals surface area contributed by atoms with Crippen molar-refractivity contribution in [1.82, 2.24) is 9.80 Å². The largest absolute Gasteiger partial charge is 0.464 e. The Hall–Kier alpha value is -2.60. The fourth-order valence-corrected chi connectivity index (χ4v) is 3.83. The Labute approximate surface area is 185 Å². The highest BCUT2D eigenvalue weighted by Crippen LogP contribution is 2.17. The molecule has 0 unspecified atom stereocenters.